The van der Waals surface area contributed by atoms with Crippen LogP contribution in [0.2, 0.25) is 0 Å². The van der Waals surface area contributed by atoms with Gasteiger partial charge in [0.15, 0.2) is 0 Å². The summed E-state index contributed by atoms with van der Waals surface area (Å²) in [6.07, 6.45) is 0. The van der Waals surface area contributed by atoms with Gasteiger partial charge in [-0.15, -0.1) is 0 Å². The molecule has 0 heterocycles. The maximum absolute atomic E-state index is 11.9. The molecule has 0 aliphatic heterocycles. The van der Waals surface area contributed by atoms with Gasteiger partial charge in [-0.3, -0.25) is 0 Å². The number of hydrogen-bond donors (Lipinski definition) is 1. The molecule has 0 aromatic heterocycles. The average molecular weight is 270 g/mol. The fourth-order valence-corrected chi connectivity index (χ4v) is 2.82. The van der Waals surface area contributed by atoms with Crippen molar-refractivity contribution >= 4 is 10.0 Å². The minimum atomic E-state index is -3.24. The molecule has 5 heteroatoms. The second-order valence-electron chi connectivity index (χ2n) is 4.48. The Labute approximate surface area is 110 Å². The fraction of sp³-hybridized carbons (Fsp3) is 0.538. The lowest BCUT2D eigenvalue weighted by molar-refractivity contribution is 0.358. The van der Waals surface area contributed by atoms with Crippen molar-refractivity contribution in [3.8, 4) is 0 Å². The van der Waals surface area contributed by atoms with Gasteiger partial charge < -0.3 is 4.90 Å². The maximum Gasteiger partial charge on any atom is 0.215 e. The maximum atomic E-state index is 11.9. The van der Waals surface area contributed by atoms with Crippen LogP contribution in [-0.2, 0) is 15.8 Å². The largest absolute Gasteiger partial charge is 0.305 e. The predicted octanol–water partition coefficient (Wildman–Crippen LogP) is 1.37. The van der Waals surface area contributed by atoms with Gasteiger partial charge >= 0.3 is 0 Å². The SMILES string of the molecule is CCN(C)CCNS(=O)(=O)Cc1ccccc1C. The molecule has 4 nitrogen and oxygen atoms in total. The number of likely N-dealkylation sites (N-methyl/N-ethyl adjacent to an activating group) is 1. The Balaban J connectivity index is 2.53. The van der Waals surface area contributed by atoms with E-state index in [2.05, 4.69) is 9.62 Å². The molecule has 0 radical (unpaired) electrons. The molecule has 1 aromatic rings. The Morgan fingerprint density at radius 1 is 1.28 bits per heavy atom. The lowest BCUT2D eigenvalue weighted by Gasteiger charge is -2.14. The summed E-state index contributed by atoms with van der Waals surface area (Å²) in [4.78, 5) is 2.07. The zero-order chi connectivity index (χ0) is 13.6. The number of sulfonamides is 1. The second-order valence-corrected chi connectivity index (χ2v) is 6.28. The first-order valence-electron chi connectivity index (χ1n) is 6.15. The van der Waals surface area contributed by atoms with Gasteiger partial charge in [0, 0.05) is 13.1 Å². The molecule has 0 aliphatic rings. The van der Waals surface area contributed by atoms with E-state index in [0.717, 1.165) is 24.2 Å². The first-order chi connectivity index (χ1) is 8.44. The van der Waals surface area contributed by atoms with Crippen LogP contribution in [0.4, 0.5) is 0 Å². The standard InChI is InChI=1S/C13H22N2O2S/c1-4-15(3)10-9-14-18(16,17)11-13-8-6-5-7-12(13)2/h5-8,14H,4,9-11H2,1-3H3. The lowest BCUT2D eigenvalue weighted by Crippen LogP contribution is -2.33. The molecule has 0 bridgehead atoms. The van der Waals surface area contributed by atoms with Gasteiger partial charge in [0.05, 0.1) is 5.75 Å². The van der Waals surface area contributed by atoms with E-state index < -0.39 is 10.0 Å². The number of benzene rings is 1. The highest BCUT2D eigenvalue weighted by Gasteiger charge is 2.12. The van der Waals surface area contributed by atoms with E-state index in [9.17, 15) is 8.42 Å². The third kappa shape index (κ3) is 5.16. The van der Waals surface area contributed by atoms with Crippen LogP contribution in [0.15, 0.2) is 24.3 Å². The van der Waals surface area contributed by atoms with Gasteiger partial charge in [0.1, 0.15) is 0 Å². The summed E-state index contributed by atoms with van der Waals surface area (Å²) in [6.45, 7) is 6.07. The third-order valence-electron chi connectivity index (χ3n) is 2.96. The summed E-state index contributed by atoms with van der Waals surface area (Å²) in [5.74, 6) is 0.0511. The molecular formula is C13H22N2O2S. The molecule has 1 N–H and O–H groups in total. The molecule has 0 aliphatic carbocycles. The number of nitrogens with zero attached hydrogens (tertiary/aromatic N) is 1. The van der Waals surface area contributed by atoms with E-state index >= 15 is 0 Å². The van der Waals surface area contributed by atoms with Crippen molar-refractivity contribution in [3.05, 3.63) is 35.4 Å². The monoisotopic (exact) mass is 270 g/mol. The molecule has 1 rings (SSSR count). The zero-order valence-corrected chi connectivity index (χ0v) is 12.1. The molecule has 102 valence electrons. The van der Waals surface area contributed by atoms with Crippen LogP contribution in [0, 0.1) is 6.92 Å². The summed E-state index contributed by atoms with van der Waals surface area (Å²) in [5.41, 5.74) is 1.86. The van der Waals surface area contributed by atoms with Gasteiger partial charge in [-0.2, -0.15) is 0 Å². The van der Waals surface area contributed by atoms with E-state index in [1.165, 1.54) is 0 Å². The summed E-state index contributed by atoms with van der Waals surface area (Å²) in [7, 11) is -1.27. The predicted molar refractivity (Wildman–Crippen MR) is 75.0 cm³/mol. The van der Waals surface area contributed by atoms with Gasteiger partial charge in [-0.05, 0) is 31.6 Å². The number of nitrogens with one attached hydrogen (secondary N) is 1. The van der Waals surface area contributed by atoms with E-state index in [4.69, 9.17) is 0 Å². The Hall–Kier alpha value is -0.910. The molecule has 0 fully saturated rings. The first-order valence-corrected chi connectivity index (χ1v) is 7.80. The number of rotatable bonds is 7. The van der Waals surface area contributed by atoms with Crippen LogP contribution < -0.4 is 4.72 Å². The van der Waals surface area contributed by atoms with E-state index in [0.29, 0.717) is 6.54 Å². The lowest BCUT2D eigenvalue weighted by atomic mass is 10.1. The van der Waals surface area contributed by atoms with Crippen LogP contribution >= 0.6 is 0 Å². The van der Waals surface area contributed by atoms with Crippen LogP contribution in [0.5, 0.6) is 0 Å². The Kier molecular flexibility index (Phi) is 5.78. The van der Waals surface area contributed by atoms with Crippen molar-refractivity contribution in [2.45, 2.75) is 19.6 Å². The van der Waals surface area contributed by atoms with Gasteiger partial charge in [-0.25, -0.2) is 13.1 Å². The highest BCUT2D eigenvalue weighted by molar-refractivity contribution is 7.88. The molecule has 0 saturated carbocycles. The molecule has 0 amide bonds. The van der Waals surface area contributed by atoms with Gasteiger partial charge in [-0.1, -0.05) is 31.2 Å². The summed E-state index contributed by atoms with van der Waals surface area (Å²) >= 11 is 0. The van der Waals surface area contributed by atoms with Crippen molar-refractivity contribution in [2.75, 3.05) is 26.7 Å². The molecular weight excluding hydrogens is 248 g/mol. The Morgan fingerprint density at radius 2 is 1.94 bits per heavy atom. The molecule has 1 aromatic carbocycles. The first kappa shape index (κ1) is 15.1. The Morgan fingerprint density at radius 3 is 2.56 bits per heavy atom. The van der Waals surface area contributed by atoms with Crippen LogP contribution in [0.25, 0.3) is 0 Å². The molecule has 0 spiro atoms. The van der Waals surface area contributed by atoms with E-state index in [-0.39, 0.29) is 5.75 Å². The normalized spacial score (nSPS) is 12.0. The second kappa shape index (κ2) is 6.87. The van der Waals surface area contributed by atoms with Crippen molar-refractivity contribution < 1.29 is 8.42 Å². The molecule has 0 unspecified atom stereocenters. The highest BCUT2D eigenvalue weighted by atomic mass is 32.2. The average Bonchev–Trinajstić information content (AvgIpc) is 2.31. The van der Waals surface area contributed by atoms with E-state index in [1.807, 2.05) is 45.2 Å². The molecule has 18 heavy (non-hydrogen) atoms. The summed E-state index contributed by atoms with van der Waals surface area (Å²) < 4.78 is 26.4. The summed E-state index contributed by atoms with van der Waals surface area (Å²) in [5, 5.41) is 0. The van der Waals surface area contributed by atoms with Crippen LogP contribution in [0.1, 0.15) is 18.1 Å². The fourth-order valence-electron chi connectivity index (χ4n) is 1.58. The highest BCUT2D eigenvalue weighted by Crippen LogP contribution is 2.10. The van der Waals surface area contributed by atoms with Gasteiger partial charge in [0.2, 0.25) is 10.0 Å². The Bertz CT molecular complexity index is 472. The van der Waals surface area contributed by atoms with Crippen molar-refractivity contribution in [1.82, 2.24) is 9.62 Å². The van der Waals surface area contributed by atoms with E-state index in [1.54, 1.807) is 0 Å². The summed E-state index contributed by atoms with van der Waals surface area (Å²) in [6, 6.07) is 7.56. The third-order valence-corrected chi connectivity index (χ3v) is 4.30. The quantitative estimate of drug-likeness (QED) is 0.814. The van der Waals surface area contributed by atoms with Crippen LogP contribution in [0.3, 0.4) is 0 Å². The van der Waals surface area contributed by atoms with Crippen molar-refractivity contribution in [3.63, 3.8) is 0 Å². The minimum Gasteiger partial charge on any atom is -0.305 e. The number of hydrogen-bond acceptors (Lipinski definition) is 3. The number of aryl methyl sites for hydroxylation is 1. The smallest absolute Gasteiger partial charge is 0.215 e. The van der Waals surface area contributed by atoms with Crippen molar-refractivity contribution in [2.24, 2.45) is 0 Å². The topological polar surface area (TPSA) is 49.4 Å². The zero-order valence-electron chi connectivity index (χ0n) is 11.3. The molecule has 0 atom stereocenters. The minimum absolute atomic E-state index is 0.0511. The van der Waals surface area contributed by atoms with Crippen LogP contribution in [-0.4, -0.2) is 40.0 Å². The van der Waals surface area contributed by atoms with Crippen molar-refractivity contribution in [1.29, 1.82) is 0 Å². The molecule has 0 saturated heterocycles. The van der Waals surface area contributed by atoms with Gasteiger partial charge in [0.25, 0.3) is 0 Å².